The Morgan fingerprint density at radius 2 is 1.86 bits per heavy atom. The minimum absolute atomic E-state index is 0. The molecule has 0 aromatic heterocycles. The summed E-state index contributed by atoms with van der Waals surface area (Å²) in [5, 5.41) is 7.52. The second-order valence-corrected chi connectivity index (χ2v) is 0.710. The largest absolute Gasteiger partial charge is 0.476 e. The van der Waals surface area contributed by atoms with E-state index in [2.05, 4.69) is 6.58 Å². The molecule has 0 aromatic rings. The van der Waals surface area contributed by atoms with Crippen molar-refractivity contribution >= 4 is 5.97 Å². The Balaban J connectivity index is 0. The second-order valence-electron chi connectivity index (χ2n) is 0.710. The Bertz CT molecular complexity index is 78.9. The maximum atomic E-state index is 11.0. The molecule has 0 fully saturated rings. The summed E-state index contributed by atoms with van der Waals surface area (Å²) in [7, 11) is 0. The van der Waals surface area contributed by atoms with Gasteiger partial charge >= 0.3 is 5.97 Å². The molecule has 7 heavy (non-hydrogen) atoms. The van der Waals surface area contributed by atoms with Gasteiger partial charge in [-0.25, -0.2) is 4.79 Å². The van der Waals surface area contributed by atoms with Gasteiger partial charge in [-0.1, -0.05) is 6.58 Å². The number of carbonyl (C=O) groups is 1. The molecule has 0 unspecified atom stereocenters. The van der Waals surface area contributed by atoms with Crippen molar-refractivity contribution in [3.8, 4) is 0 Å². The van der Waals surface area contributed by atoms with E-state index in [1.807, 2.05) is 0 Å². The van der Waals surface area contributed by atoms with E-state index in [4.69, 9.17) is 5.11 Å². The normalized spacial score (nSPS) is 6.43. The Morgan fingerprint density at radius 1 is 1.71 bits per heavy atom. The van der Waals surface area contributed by atoms with Crippen LogP contribution < -0.4 is 0 Å². The van der Waals surface area contributed by atoms with E-state index in [1.165, 1.54) is 0 Å². The fraction of sp³-hybridized carbons (Fsp3) is 0. The summed E-state index contributed by atoms with van der Waals surface area (Å²) in [6.45, 7) is 2.49. The summed E-state index contributed by atoms with van der Waals surface area (Å²) in [6, 6.07) is 0. The van der Waals surface area contributed by atoms with Crippen molar-refractivity contribution in [2.45, 2.75) is 0 Å². The Hall–Kier alpha value is 0.0621. The first-order valence-corrected chi connectivity index (χ1v) is 1.22. The summed E-state index contributed by atoms with van der Waals surface area (Å²) in [6.07, 6.45) is 0. The molecule has 2 nitrogen and oxygen atoms in total. The number of hydrogen-bond donors (Lipinski definition) is 1. The van der Waals surface area contributed by atoms with Crippen LogP contribution >= 0.6 is 0 Å². The van der Waals surface area contributed by atoms with Gasteiger partial charge in [0.15, 0.2) is 0 Å². The molecule has 0 rings (SSSR count). The van der Waals surface area contributed by atoms with Crippen LogP contribution in [0, 0.1) is 0 Å². The molecular formula is C3H3CdFO2. The molecule has 0 bridgehead atoms. The summed E-state index contributed by atoms with van der Waals surface area (Å²) in [4.78, 5) is 9.22. The Morgan fingerprint density at radius 3 is 1.86 bits per heavy atom. The van der Waals surface area contributed by atoms with Crippen LogP contribution in [0.3, 0.4) is 0 Å². The molecule has 0 heterocycles. The summed E-state index contributed by atoms with van der Waals surface area (Å²) >= 11 is 0. The minimum Gasteiger partial charge on any atom is -0.476 e. The molecule has 0 saturated heterocycles. The second kappa shape index (κ2) is 4.23. The Kier molecular flexibility index (Phi) is 6.12. The summed E-state index contributed by atoms with van der Waals surface area (Å²) in [5.74, 6) is -2.93. The van der Waals surface area contributed by atoms with Crippen LogP contribution in [0.2, 0.25) is 0 Å². The predicted molar refractivity (Wildman–Crippen MR) is 17.9 cm³/mol. The maximum absolute atomic E-state index is 11.0. The number of aliphatic carboxylic acids is 1. The molecule has 0 atom stereocenters. The van der Waals surface area contributed by atoms with E-state index < -0.39 is 11.8 Å². The fourth-order valence-corrected chi connectivity index (χ4v) is 0. The number of halogens is 1. The topological polar surface area (TPSA) is 37.3 Å². The molecule has 0 radical (unpaired) electrons. The molecule has 36 valence electrons. The van der Waals surface area contributed by atoms with E-state index in [1.54, 1.807) is 0 Å². The summed E-state index contributed by atoms with van der Waals surface area (Å²) in [5.41, 5.74) is 0. The monoisotopic (exact) mass is 204 g/mol. The number of rotatable bonds is 1. The fourth-order valence-electron chi connectivity index (χ4n) is 0. The molecule has 0 amide bonds. The van der Waals surface area contributed by atoms with Crippen LogP contribution in [0.4, 0.5) is 4.39 Å². The molecule has 4 heteroatoms. The first kappa shape index (κ1) is 10.1. The first-order valence-electron chi connectivity index (χ1n) is 1.22. The van der Waals surface area contributed by atoms with Crippen LogP contribution in [-0.4, -0.2) is 11.1 Å². The molecule has 0 saturated carbocycles. The van der Waals surface area contributed by atoms with E-state index in [9.17, 15) is 9.18 Å². The smallest absolute Gasteiger partial charge is 0.364 e. The minimum atomic E-state index is -1.60. The molecule has 0 aliphatic rings. The van der Waals surface area contributed by atoms with E-state index in [-0.39, 0.29) is 27.3 Å². The average molecular weight is 202 g/mol. The SMILES string of the molecule is C=C(F)C(=O)O.[Cd]. The van der Waals surface area contributed by atoms with E-state index in [0.29, 0.717) is 0 Å². The van der Waals surface area contributed by atoms with Crippen molar-refractivity contribution in [3.63, 3.8) is 0 Å². The van der Waals surface area contributed by atoms with Crippen LogP contribution in [0.5, 0.6) is 0 Å². The van der Waals surface area contributed by atoms with Crippen molar-refractivity contribution < 1.29 is 41.6 Å². The zero-order chi connectivity index (χ0) is 5.15. The van der Waals surface area contributed by atoms with Crippen LogP contribution in [0.25, 0.3) is 0 Å². The average Bonchev–Trinajstić information content (AvgIpc) is 1.36. The van der Waals surface area contributed by atoms with E-state index in [0.717, 1.165) is 0 Å². The van der Waals surface area contributed by atoms with Gasteiger partial charge in [0.25, 0.3) is 0 Å². The van der Waals surface area contributed by atoms with Gasteiger partial charge < -0.3 is 5.11 Å². The first-order chi connectivity index (χ1) is 2.64. The molecular weight excluding hydrogens is 199 g/mol. The third kappa shape index (κ3) is 6.06. The van der Waals surface area contributed by atoms with Crippen molar-refractivity contribution in [3.05, 3.63) is 12.4 Å². The number of carboxylic acids is 1. The zero-order valence-electron chi connectivity index (χ0n) is 3.65. The van der Waals surface area contributed by atoms with Crippen molar-refractivity contribution in [1.29, 1.82) is 0 Å². The van der Waals surface area contributed by atoms with Crippen LogP contribution in [0.15, 0.2) is 12.4 Å². The van der Waals surface area contributed by atoms with Gasteiger partial charge in [0, 0.05) is 27.3 Å². The van der Waals surface area contributed by atoms with Gasteiger partial charge in [0.05, 0.1) is 0 Å². The van der Waals surface area contributed by atoms with Gasteiger partial charge in [0.1, 0.15) is 0 Å². The third-order valence-corrected chi connectivity index (χ3v) is 0.232. The van der Waals surface area contributed by atoms with Crippen molar-refractivity contribution in [2.75, 3.05) is 0 Å². The molecule has 0 aromatic carbocycles. The van der Waals surface area contributed by atoms with Gasteiger partial charge in [-0.15, -0.1) is 0 Å². The quantitative estimate of drug-likeness (QED) is 0.498. The molecule has 0 aliphatic carbocycles. The van der Waals surface area contributed by atoms with Gasteiger partial charge in [0.2, 0.25) is 5.83 Å². The Labute approximate surface area is 60.2 Å². The predicted octanol–water partition coefficient (Wildman–Crippen LogP) is 0.552. The van der Waals surface area contributed by atoms with Crippen molar-refractivity contribution in [1.82, 2.24) is 0 Å². The molecule has 1 N–H and O–H groups in total. The van der Waals surface area contributed by atoms with Crippen molar-refractivity contribution in [2.24, 2.45) is 0 Å². The van der Waals surface area contributed by atoms with Gasteiger partial charge in [-0.05, 0) is 0 Å². The standard InChI is InChI=1S/C3H3FO2.Cd/c1-2(4)3(5)6;/h1H2,(H,5,6);. The number of carboxylic acid groups (broad SMARTS) is 1. The van der Waals surface area contributed by atoms with Crippen LogP contribution in [0.1, 0.15) is 0 Å². The number of hydrogen-bond acceptors (Lipinski definition) is 1. The van der Waals surface area contributed by atoms with E-state index >= 15 is 0 Å². The van der Waals surface area contributed by atoms with Gasteiger partial charge in [-0.3, -0.25) is 0 Å². The molecule has 0 aliphatic heterocycles. The zero-order valence-corrected chi connectivity index (χ0v) is 7.68. The third-order valence-electron chi connectivity index (χ3n) is 0.232. The molecule has 0 spiro atoms. The maximum Gasteiger partial charge on any atom is 0.364 e. The van der Waals surface area contributed by atoms with Gasteiger partial charge in [-0.2, -0.15) is 4.39 Å². The van der Waals surface area contributed by atoms with Crippen LogP contribution in [-0.2, 0) is 32.1 Å². The summed E-state index contributed by atoms with van der Waals surface area (Å²) < 4.78 is 11.0.